The summed E-state index contributed by atoms with van der Waals surface area (Å²) in [5.74, 6) is 2.79. The van der Waals surface area contributed by atoms with E-state index in [1.165, 1.54) is 6.42 Å². The first kappa shape index (κ1) is 16.9. The van der Waals surface area contributed by atoms with E-state index in [-0.39, 0.29) is 0 Å². The molecule has 1 aliphatic carbocycles. The van der Waals surface area contributed by atoms with Crippen molar-refractivity contribution >= 4 is 27.8 Å². The van der Waals surface area contributed by atoms with Crippen LogP contribution in [0, 0.1) is 5.92 Å². The van der Waals surface area contributed by atoms with Crippen LogP contribution in [0.2, 0.25) is 0 Å². The lowest BCUT2D eigenvalue weighted by Gasteiger charge is -2.28. The van der Waals surface area contributed by atoms with Crippen molar-refractivity contribution in [2.24, 2.45) is 5.92 Å². The van der Waals surface area contributed by atoms with E-state index in [1.807, 2.05) is 24.3 Å². The van der Waals surface area contributed by atoms with Crippen molar-refractivity contribution in [3.05, 3.63) is 42.1 Å². The second-order valence-electron chi connectivity index (χ2n) is 8.01. The molecule has 0 bridgehead atoms. The number of aromatic nitrogens is 5. The molecule has 0 amide bonds. The maximum absolute atomic E-state index is 5.56. The van der Waals surface area contributed by atoms with E-state index in [9.17, 15) is 0 Å². The molecule has 7 nitrogen and oxygen atoms in total. The van der Waals surface area contributed by atoms with E-state index in [4.69, 9.17) is 19.7 Å². The summed E-state index contributed by atoms with van der Waals surface area (Å²) in [6, 6.07) is 12.3. The summed E-state index contributed by atoms with van der Waals surface area (Å²) in [5, 5.41) is 8.63. The normalized spacial score (nSPS) is 21.8. The van der Waals surface area contributed by atoms with Gasteiger partial charge in [-0.05, 0) is 30.5 Å². The van der Waals surface area contributed by atoms with Gasteiger partial charge in [0.25, 0.3) is 0 Å². The molecule has 4 heterocycles. The van der Waals surface area contributed by atoms with E-state index in [1.54, 1.807) is 0 Å². The van der Waals surface area contributed by atoms with E-state index in [0.717, 1.165) is 52.2 Å². The van der Waals surface area contributed by atoms with E-state index in [0.29, 0.717) is 30.9 Å². The fraction of sp³-hybridized carbons (Fsp3) is 0.364. The molecule has 4 aromatic rings. The first-order valence-electron chi connectivity index (χ1n) is 10.2. The van der Waals surface area contributed by atoms with Gasteiger partial charge in [0.15, 0.2) is 11.6 Å². The molecular weight excluding hydrogens is 364 g/mol. The molecule has 2 fully saturated rings. The maximum atomic E-state index is 5.56. The molecule has 2 aliphatic rings. The van der Waals surface area contributed by atoms with Crippen molar-refractivity contribution in [3.8, 4) is 11.5 Å². The monoisotopic (exact) mass is 386 g/mol. The van der Waals surface area contributed by atoms with Gasteiger partial charge in [0.05, 0.1) is 24.2 Å². The number of hydrogen-bond acceptors (Lipinski definition) is 6. The molecule has 0 spiro atoms. The number of ether oxygens (including phenoxy) is 1. The van der Waals surface area contributed by atoms with E-state index < -0.39 is 0 Å². The molecular formula is C22H22N6O. The number of morpholine rings is 1. The number of fused-ring (bicyclic) bond motifs is 2. The Morgan fingerprint density at radius 2 is 1.86 bits per heavy atom. The minimum Gasteiger partial charge on any atom is -0.378 e. The van der Waals surface area contributed by atoms with Crippen molar-refractivity contribution in [1.29, 1.82) is 0 Å². The predicted molar refractivity (Wildman–Crippen MR) is 112 cm³/mol. The fourth-order valence-electron chi connectivity index (χ4n) is 4.19. The van der Waals surface area contributed by atoms with Crippen molar-refractivity contribution in [2.45, 2.75) is 19.3 Å². The van der Waals surface area contributed by atoms with Gasteiger partial charge in [-0.3, -0.25) is 5.10 Å². The van der Waals surface area contributed by atoms with Crippen molar-refractivity contribution in [3.63, 3.8) is 0 Å². The first-order chi connectivity index (χ1) is 14.3. The predicted octanol–water partition coefficient (Wildman–Crippen LogP) is 3.53. The van der Waals surface area contributed by atoms with Gasteiger partial charge in [-0.25, -0.2) is 15.0 Å². The summed E-state index contributed by atoms with van der Waals surface area (Å²) < 4.78 is 5.56. The summed E-state index contributed by atoms with van der Waals surface area (Å²) in [6.45, 7) is 5.29. The Morgan fingerprint density at radius 3 is 2.69 bits per heavy atom. The Hall–Kier alpha value is -3.06. The van der Waals surface area contributed by atoms with Crippen LogP contribution in [0.25, 0.3) is 33.5 Å². The molecule has 1 N–H and O–H groups in total. The van der Waals surface area contributed by atoms with Gasteiger partial charge in [-0.15, -0.1) is 0 Å². The highest BCUT2D eigenvalue weighted by molar-refractivity contribution is 5.94. The molecule has 3 aromatic heterocycles. The van der Waals surface area contributed by atoms with Crippen molar-refractivity contribution in [1.82, 2.24) is 25.1 Å². The fourth-order valence-corrected chi connectivity index (χ4v) is 4.19. The number of aromatic amines is 1. The SMILES string of the molecule is CC1C[C@@H]1c1ccc2nc(-c3n[nH]c4ccccc34)nc(N3CCOCC3)c2n1. The van der Waals surface area contributed by atoms with Crippen LogP contribution in [0.15, 0.2) is 36.4 Å². The Labute approximate surface area is 168 Å². The lowest BCUT2D eigenvalue weighted by Crippen LogP contribution is -2.37. The summed E-state index contributed by atoms with van der Waals surface area (Å²) in [6.07, 6.45) is 1.21. The highest BCUT2D eigenvalue weighted by atomic mass is 16.5. The molecule has 0 radical (unpaired) electrons. The summed E-state index contributed by atoms with van der Waals surface area (Å²) >= 11 is 0. The zero-order valence-corrected chi connectivity index (χ0v) is 16.3. The van der Waals surface area contributed by atoms with Gasteiger partial charge < -0.3 is 9.64 Å². The maximum Gasteiger partial charge on any atom is 0.183 e. The van der Waals surface area contributed by atoms with Crippen molar-refractivity contribution < 1.29 is 4.74 Å². The van der Waals surface area contributed by atoms with Crippen LogP contribution in [0.5, 0.6) is 0 Å². The van der Waals surface area contributed by atoms with Crippen LogP contribution < -0.4 is 4.90 Å². The van der Waals surface area contributed by atoms with Gasteiger partial charge in [-0.1, -0.05) is 25.1 Å². The van der Waals surface area contributed by atoms with Gasteiger partial charge in [0.1, 0.15) is 11.2 Å². The van der Waals surface area contributed by atoms with Crippen LogP contribution in [0.4, 0.5) is 5.82 Å². The quantitative estimate of drug-likeness (QED) is 0.580. The van der Waals surface area contributed by atoms with Crippen molar-refractivity contribution in [2.75, 3.05) is 31.2 Å². The zero-order chi connectivity index (χ0) is 19.4. The molecule has 2 atom stereocenters. The molecule has 29 heavy (non-hydrogen) atoms. The Morgan fingerprint density at radius 1 is 1.03 bits per heavy atom. The molecule has 1 unspecified atom stereocenters. The highest BCUT2D eigenvalue weighted by Crippen LogP contribution is 2.46. The molecule has 1 saturated carbocycles. The molecule has 1 saturated heterocycles. The minimum atomic E-state index is 0.562. The minimum absolute atomic E-state index is 0.562. The standard InChI is InChI=1S/C22H22N6O/c1-13-12-15(13)16-6-7-18-20(23-16)22(28-8-10-29-11-9-28)25-21(24-18)19-14-4-2-3-5-17(14)26-27-19/h2-7,13,15H,8-12H2,1H3,(H,26,27)/t13?,15-/m0/s1. The number of nitrogens with zero attached hydrogens (tertiary/aromatic N) is 5. The number of anilines is 1. The van der Waals surface area contributed by atoms with Crippen LogP contribution in [0.1, 0.15) is 25.0 Å². The average molecular weight is 386 g/mol. The smallest absolute Gasteiger partial charge is 0.183 e. The number of para-hydroxylation sites is 1. The van der Waals surface area contributed by atoms with Crippen LogP contribution in [0.3, 0.4) is 0 Å². The molecule has 7 heteroatoms. The Balaban J connectivity index is 1.55. The molecule has 1 aromatic carbocycles. The number of rotatable bonds is 3. The van der Waals surface area contributed by atoms with Gasteiger partial charge in [0, 0.05) is 30.1 Å². The second kappa shape index (κ2) is 6.49. The number of benzene rings is 1. The average Bonchev–Trinajstić information content (AvgIpc) is 3.35. The van der Waals surface area contributed by atoms with Gasteiger partial charge in [0.2, 0.25) is 0 Å². The Bertz CT molecular complexity index is 1210. The summed E-state index contributed by atoms with van der Waals surface area (Å²) in [7, 11) is 0. The lowest BCUT2D eigenvalue weighted by molar-refractivity contribution is 0.122. The first-order valence-corrected chi connectivity index (χ1v) is 10.2. The number of H-pyrrole nitrogens is 1. The number of nitrogens with one attached hydrogen (secondary N) is 1. The van der Waals surface area contributed by atoms with Gasteiger partial charge in [-0.2, -0.15) is 5.10 Å². The van der Waals surface area contributed by atoms with Crippen LogP contribution in [-0.2, 0) is 4.74 Å². The Kier molecular flexibility index (Phi) is 3.77. The molecule has 1 aliphatic heterocycles. The largest absolute Gasteiger partial charge is 0.378 e. The summed E-state index contributed by atoms with van der Waals surface area (Å²) in [4.78, 5) is 17.1. The number of hydrogen-bond donors (Lipinski definition) is 1. The van der Waals surface area contributed by atoms with Crippen LogP contribution in [-0.4, -0.2) is 51.5 Å². The number of pyridine rings is 1. The second-order valence-corrected chi connectivity index (χ2v) is 8.01. The zero-order valence-electron chi connectivity index (χ0n) is 16.3. The summed E-state index contributed by atoms with van der Waals surface area (Å²) in [5.41, 5.74) is 4.65. The third kappa shape index (κ3) is 2.84. The molecule has 146 valence electrons. The van der Waals surface area contributed by atoms with E-state index >= 15 is 0 Å². The van der Waals surface area contributed by atoms with Gasteiger partial charge >= 0.3 is 0 Å². The molecule has 6 rings (SSSR count). The topological polar surface area (TPSA) is 79.8 Å². The third-order valence-electron chi connectivity index (χ3n) is 6.03. The lowest BCUT2D eigenvalue weighted by atomic mass is 10.2. The van der Waals surface area contributed by atoms with E-state index in [2.05, 4.69) is 34.2 Å². The highest BCUT2D eigenvalue weighted by Gasteiger charge is 2.35. The third-order valence-corrected chi connectivity index (χ3v) is 6.03. The van der Waals surface area contributed by atoms with Crippen LogP contribution >= 0.6 is 0 Å².